The molecule has 0 bridgehead atoms. The Labute approximate surface area is 93.1 Å². The predicted molar refractivity (Wildman–Crippen MR) is 61.1 cm³/mol. The second kappa shape index (κ2) is 5.72. The monoisotopic (exact) mass is 219 g/mol. The largest absolute Gasteiger partial charge is 0.465 e. The first kappa shape index (κ1) is 12.0. The number of benzene rings is 1. The molecule has 0 heterocycles. The number of nitrogens with one attached hydrogen (secondary N) is 1. The molecule has 16 heavy (non-hydrogen) atoms. The number of hydroxylamine groups is 1. The molecule has 0 aliphatic carbocycles. The van der Waals surface area contributed by atoms with Crippen LogP contribution in [0.1, 0.15) is 10.4 Å². The quantitative estimate of drug-likeness (QED) is 0.561. The van der Waals surface area contributed by atoms with Crippen molar-refractivity contribution in [1.29, 1.82) is 0 Å². The SMILES string of the molecule is C=c1ccc(C(=O)OC)c/c1=C/C=C\NO. The van der Waals surface area contributed by atoms with Gasteiger partial charge in [0.05, 0.1) is 12.7 Å². The first-order valence-electron chi connectivity index (χ1n) is 4.63. The van der Waals surface area contributed by atoms with Gasteiger partial charge in [-0.05, 0) is 28.6 Å². The molecule has 0 saturated heterocycles. The molecule has 4 nitrogen and oxygen atoms in total. The molecular formula is C12H13NO3. The van der Waals surface area contributed by atoms with Crippen molar-refractivity contribution in [2.24, 2.45) is 0 Å². The van der Waals surface area contributed by atoms with Gasteiger partial charge in [0.1, 0.15) is 0 Å². The highest BCUT2D eigenvalue weighted by Crippen LogP contribution is 1.94. The van der Waals surface area contributed by atoms with Crippen molar-refractivity contribution >= 4 is 18.6 Å². The van der Waals surface area contributed by atoms with Crippen molar-refractivity contribution < 1.29 is 14.7 Å². The minimum Gasteiger partial charge on any atom is -0.465 e. The average Bonchev–Trinajstić information content (AvgIpc) is 2.31. The molecule has 0 saturated carbocycles. The van der Waals surface area contributed by atoms with E-state index < -0.39 is 0 Å². The van der Waals surface area contributed by atoms with Crippen LogP contribution >= 0.6 is 0 Å². The number of hydrogen-bond donors (Lipinski definition) is 2. The molecule has 0 fully saturated rings. The summed E-state index contributed by atoms with van der Waals surface area (Å²) < 4.78 is 4.61. The van der Waals surface area contributed by atoms with Crippen LogP contribution in [-0.2, 0) is 4.74 Å². The summed E-state index contributed by atoms with van der Waals surface area (Å²) in [6, 6.07) is 5.06. The van der Waals surface area contributed by atoms with Crippen molar-refractivity contribution in [2.45, 2.75) is 0 Å². The normalized spacial score (nSPS) is 11.8. The van der Waals surface area contributed by atoms with Crippen molar-refractivity contribution in [3.63, 3.8) is 0 Å². The highest BCUT2D eigenvalue weighted by atomic mass is 16.5. The number of carbonyl (C=O) groups is 1. The smallest absolute Gasteiger partial charge is 0.337 e. The molecule has 1 aromatic carbocycles. The zero-order valence-corrected chi connectivity index (χ0v) is 8.93. The molecule has 0 aliphatic heterocycles. The minimum atomic E-state index is -0.390. The average molecular weight is 219 g/mol. The lowest BCUT2D eigenvalue weighted by atomic mass is 10.1. The third kappa shape index (κ3) is 2.96. The summed E-state index contributed by atoms with van der Waals surface area (Å²) in [5.41, 5.74) is 2.35. The van der Waals surface area contributed by atoms with Gasteiger partial charge in [-0.15, -0.1) is 0 Å². The van der Waals surface area contributed by atoms with Crippen LogP contribution in [0.2, 0.25) is 0 Å². The van der Waals surface area contributed by atoms with Crippen LogP contribution in [0.3, 0.4) is 0 Å². The minimum absolute atomic E-state index is 0.390. The lowest BCUT2D eigenvalue weighted by Crippen LogP contribution is -2.24. The molecule has 4 heteroatoms. The zero-order valence-electron chi connectivity index (χ0n) is 8.93. The first-order chi connectivity index (χ1) is 7.69. The number of rotatable bonds is 3. The molecule has 2 N–H and O–H groups in total. The maximum Gasteiger partial charge on any atom is 0.337 e. The van der Waals surface area contributed by atoms with Crippen LogP contribution in [0.15, 0.2) is 30.5 Å². The fourth-order valence-corrected chi connectivity index (χ4v) is 1.19. The van der Waals surface area contributed by atoms with Gasteiger partial charge >= 0.3 is 5.97 Å². The Morgan fingerprint density at radius 3 is 2.94 bits per heavy atom. The van der Waals surface area contributed by atoms with E-state index in [1.54, 1.807) is 30.4 Å². The van der Waals surface area contributed by atoms with Crippen molar-refractivity contribution in [3.05, 3.63) is 46.5 Å². The summed E-state index contributed by atoms with van der Waals surface area (Å²) in [5, 5.41) is 9.92. The standard InChI is InChI=1S/C12H13NO3/c1-9-5-6-11(12(14)16-2)8-10(9)4-3-7-13-15/h3-8,13,15H,1H2,2H3/b7-3-,10-4-. The van der Waals surface area contributed by atoms with Crippen LogP contribution < -0.4 is 15.9 Å². The molecule has 0 amide bonds. The fraction of sp³-hybridized carbons (Fsp3) is 0.0833. The summed E-state index contributed by atoms with van der Waals surface area (Å²) in [6.45, 7) is 3.83. The molecule has 0 atom stereocenters. The van der Waals surface area contributed by atoms with Gasteiger partial charge in [0.25, 0.3) is 0 Å². The lowest BCUT2D eigenvalue weighted by Gasteiger charge is -1.98. The molecule has 0 spiro atoms. The zero-order chi connectivity index (χ0) is 12.0. The molecule has 0 aliphatic rings. The second-order valence-corrected chi connectivity index (χ2v) is 3.06. The maximum absolute atomic E-state index is 11.3. The molecule has 0 aromatic heterocycles. The second-order valence-electron chi connectivity index (χ2n) is 3.06. The molecule has 0 radical (unpaired) electrons. The Morgan fingerprint density at radius 2 is 2.31 bits per heavy atom. The topological polar surface area (TPSA) is 58.6 Å². The van der Waals surface area contributed by atoms with Gasteiger partial charge in [0.15, 0.2) is 0 Å². The number of allylic oxidation sites excluding steroid dienone is 1. The molecule has 1 rings (SSSR count). The number of esters is 1. The van der Waals surface area contributed by atoms with Crippen LogP contribution in [0.5, 0.6) is 0 Å². The van der Waals surface area contributed by atoms with Gasteiger partial charge < -0.3 is 4.74 Å². The van der Waals surface area contributed by atoms with Gasteiger partial charge in [0.2, 0.25) is 0 Å². The van der Waals surface area contributed by atoms with Crippen molar-refractivity contribution in [2.75, 3.05) is 7.11 Å². The van der Waals surface area contributed by atoms with E-state index in [2.05, 4.69) is 11.3 Å². The van der Waals surface area contributed by atoms with E-state index in [4.69, 9.17) is 5.21 Å². The highest BCUT2D eigenvalue weighted by molar-refractivity contribution is 5.89. The van der Waals surface area contributed by atoms with Crippen LogP contribution in [-0.4, -0.2) is 18.3 Å². The molecule has 1 aromatic rings. The Hall–Kier alpha value is -2.07. The summed E-state index contributed by atoms with van der Waals surface area (Å²) in [5.74, 6) is -0.390. The van der Waals surface area contributed by atoms with E-state index in [-0.39, 0.29) is 5.97 Å². The Balaban J connectivity index is 3.19. The lowest BCUT2D eigenvalue weighted by molar-refractivity contribution is 0.0600. The number of hydrogen-bond acceptors (Lipinski definition) is 4. The Bertz CT molecular complexity index is 505. The van der Waals surface area contributed by atoms with E-state index in [9.17, 15) is 4.79 Å². The summed E-state index contributed by atoms with van der Waals surface area (Å²) >= 11 is 0. The van der Waals surface area contributed by atoms with Crippen LogP contribution in [0, 0.1) is 0 Å². The van der Waals surface area contributed by atoms with E-state index >= 15 is 0 Å². The third-order valence-electron chi connectivity index (χ3n) is 2.01. The fourth-order valence-electron chi connectivity index (χ4n) is 1.19. The predicted octanol–water partition coefficient (Wildman–Crippen LogP) is 0.157. The van der Waals surface area contributed by atoms with Gasteiger partial charge in [-0.2, -0.15) is 0 Å². The number of methoxy groups -OCH3 is 1. The van der Waals surface area contributed by atoms with Gasteiger partial charge in [-0.1, -0.05) is 18.7 Å². The summed E-state index contributed by atoms with van der Waals surface area (Å²) in [4.78, 5) is 11.3. The van der Waals surface area contributed by atoms with Crippen LogP contribution in [0.25, 0.3) is 12.7 Å². The van der Waals surface area contributed by atoms with E-state index in [0.717, 1.165) is 10.4 Å². The summed E-state index contributed by atoms with van der Waals surface area (Å²) in [6.07, 6.45) is 4.67. The van der Waals surface area contributed by atoms with Gasteiger partial charge in [0, 0.05) is 6.20 Å². The first-order valence-corrected chi connectivity index (χ1v) is 4.63. The van der Waals surface area contributed by atoms with Crippen LogP contribution in [0.4, 0.5) is 0 Å². The Kier molecular flexibility index (Phi) is 4.29. The molecule has 0 unspecified atom stereocenters. The number of ether oxygens (including phenoxy) is 1. The van der Waals surface area contributed by atoms with E-state index in [0.29, 0.717) is 5.56 Å². The number of carbonyl (C=O) groups excluding carboxylic acids is 1. The van der Waals surface area contributed by atoms with E-state index in [1.807, 2.05) is 5.48 Å². The third-order valence-corrected chi connectivity index (χ3v) is 2.01. The van der Waals surface area contributed by atoms with Gasteiger partial charge in [-0.3, -0.25) is 10.7 Å². The van der Waals surface area contributed by atoms with E-state index in [1.165, 1.54) is 13.3 Å². The molecule has 84 valence electrons. The summed E-state index contributed by atoms with van der Waals surface area (Å²) in [7, 11) is 1.33. The van der Waals surface area contributed by atoms with Gasteiger partial charge in [-0.25, -0.2) is 4.79 Å². The van der Waals surface area contributed by atoms with Crippen molar-refractivity contribution in [1.82, 2.24) is 5.48 Å². The maximum atomic E-state index is 11.3. The molecular weight excluding hydrogens is 206 g/mol. The highest BCUT2D eigenvalue weighted by Gasteiger charge is 2.02. The van der Waals surface area contributed by atoms with Crippen molar-refractivity contribution in [3.8, 4) is 0 Å². The Morgan fingerprint density at radius 1 is 1.56 bits per heavy atom.